The van der Waals surface area contributed by atoms with Crippen molar-refractivity contribution in [3.8, 4) is 17.3 Å². The Morgan fingerprint density at radius 3 is 2.64 bits per heavy atom. The fourth-order valence-electron chi connectivity index (χ4n) is 2.39. The van der Waals surface area contributed by atoms with E-state index in [-0.39, 0.29) is 6.02 Å². The number of amidine groups is 1. The molecule has 1 aliphatic heterocycles. The zero-order chi connectivity index (χ0) is 18.2. The van der Waals surface area contributed by atoms with Gasteiger partial charge in [0.25, 0.3) is 10.0 Å². The number of nitrogens with zero attached hydrogens (tertiary/aromatic N) is 4. The molecule has 25 heavy (non-hydrogen) atoms. The summed E-state index contributed by atoms with van der Waals surface area (Å²) in [7, 11) is -3.58. The number of sulfonamides is 1. The zero-order valence-corrected chi connectivity index (χ0v) is 15.6. The number of rotatable bonds is 3. The van der Waals surface area contributed by atoms with Crippen LogP contribution >= 0.6 is 11.3 Å². The van der Waals surface area contributed by atoms with Crippen molar-refractivity contribution in [2.24, 2.45) is 4.40 Å². The summed E-state index contributed by atoms with van der Waals surface area (Å²) in [6, 6.07) is 9.23. The van der Waals surface area contributed by atoms with Crippen LogP contribution in [-0.4, -0.2) is 37.8 Å². The Morgan fingerprint density at radius 1 is 1.36 bits per heavy atom. The van der Waals surface area contributed by atoms with Crippen LogP contribution in [0.15, 0.2) is 34.0 Å². The molecule has 7 nitrogen and oxygen atoms in total. The first-order valence-electron chi connectivity index (χ1n) is 7.39. The summed E-state index contributed by atoms with van der Waals surface area (Å²) < 4.78 is 32.2. The lowest BCUT2D eigenvalue weighted by Crippen LogP contribution is -2.42. The van der Waals surface area contributed by atoms with E-state index in [1.54, 1.807) is 17.0 Å². The van der Waals surface area contributed by atoms with Crippen LogP contribution in [0.2, 0.25) is 0 Å². The average Bonchev–Trinajstić information content (AvgIpc) is 3.10. The Hall–Kier alpha value is -2.44. The van der Waals surface area contributed by atoms with Gasteiger partial charge in [-0.25, -0.2) is 13.4 Å². The molecule has 1 saturated heterocycles. The Morgan fingerprint density at radius 2 is 2.04 bits per heavy atom. The Bertz CT molecular complexity index is 970. The molecule has 0 saturated carbocycles. The van der Waals surface area contributed by atoms with Crippen LogP contribution in [0.5, 0.6) is 0 Å². The molecule has 0 atom stereocenters. The van der Waals surface area contributed by atoms with E-state index in [1.807, 2.05) is 31.4 Å². The summed E-state index contributed by atoms with van der Waals surface area (Å²) in [4.78, 5) is 6.30. The van der Waals surface area contributed by atoms with Crippen molar-refractivity contribution < 1.29 is 13.2 Å². The highest BCUT2D eigenvalue weighted by atomic mass is 32.2. The molecule has 1 aromatic heterocycles. The molecular formula is C16H16N4O3S2. The van der Waals surface area contributed by atoms with Crippen molar-refractivity contribution in [1.82, 2.24) is 4.98 Å². The summed E-state index contributed by atoms with van der Waals surface area (Å²) >= 11 is 1.38. The maximum absolute atomic E-state index is 11.5. The fourth-order valence-corrected chi connectivity index (χ4v) is 3.80. The van der Waals surface area contributed by atoms with Gasteiger partial charge in [0.05, 0.1) is 29.1 Å². The van der Waals surface area contributed by atoms with Gasteiger partial charge >= 0.3 is 6.02 Å². The summed E-state index contributed by atoms with van der Waals surface area (Å²) in [6.45, 7) is 4.17. The quantitative estimate of drug-likeness (QED) is 0.817. The number of thiazole rings is 1. The second-order valence-corrected chi connectivity index (χ2v) is 8.73. The van der Waals surface area contributed by atoms with Crippen LogP contribution in [-0.2, 0) is 14.8 Å². The summed E-state index contributed by atoms with van der Waals surface area (Å²) in [5, 5.41) is 11.4. The molecule has 0 spiro atoms. The maximum Gasteiger partial charge on any atom is 0.310 e. The number of hydrogen-bond acceptors (Lipinski definition) is 6. The van der Waals surface area contributed by atoms with Gasteiger partial charge in [-0.1, -0.05) is 12.1 Å². The van der Waals surface area contributed by atoms with Gasteiger partial charge in [-0.15, -0.1) is 15.7 Å². The third-order valence-electron chi connectivity index (χ3n) is 3.59. The molecule has 1 fully saturated rings. The fraction of sp³-hybridized carbons (Fsp3) is 0.312. The molecule has 0 N–H and O–H groups in total. The summed E-state index contributed by atoms with van der Waals surface area (Å²) in [6.07, 6.45) is 1.02. The number of nitriles is 1. The first-order chi connectivity index (χ1) is 11.7. The Kier molecular flexibility index (Phi) is 4.26. The lowest BCUT2D eigenvalue weighted by molar-refractivity contribution is 0.292. The van der Waals surface area contributed by atoms with Crippen LogP contribution in [0.1, 0.15) is 19.4 Å². The Labute approximate surface area is 150 Å². The topological polar surface area (TPSA) is 95.7 Å². The van der Waals surface area contributed by atoms with E-state index in [2.05, 4.69) is 15.5 Å². The normalized spacial score (nSPS) is 18.2. The van der Waals surface area contributed by atoms with Crippen LogP contribution in [0.3, 0.4) is 0 Å². The molecule has 0 amide bonds. The molecule has 130 valence electrons. The highest BCUT2D eigenvalue weighted by molar-refractivity contribution is 7.89. The van der Waals surface area contributed by atoms with Crippen molar-refractivity contribution in [3.05, 3.63) is 35.2 Å². The third-order valence-corrected chi connectivity index (χ3v) is 4.90. The first-order valence-corrected chi connectivity index (χ1v) is 10.1. The highest BCUT2D eigenvalue weighted by Gasteiger charge is 2.42. The van der Waals surface area contributed by atoms with Gasteiger partial charge in [0.2, 0.25) is 0 Å². The maximum atomic E-state index is 11.5. The molecule has 9 heteroatoms. The van der Waals surface area contributed by atoms with Crippen molar-refractivity contribution >= 4 is 32.5 Å². The van der Waals surface area contributed by atoms with Crippen LogP contribution < -0.4 is 4.90 Å². The smallest absolute Gasteiger partial charge is 0.310 e. The van der Waals surface area contributed by atoms with Gasteiger partial charge in [-0.3, -0.25) is 4.90 Å². The van der Waals surface area contributed by atoms with Crippen LogP contribution in [0, 0.1) is 11.3 Å². The van der Waals surface area contributed by atoms with E-state index in [0.717, 1.165) is 17.5 Å². The van der Waals surface area contributed by atoms with Gasteiger partial charge < -0.3 is 4.74 Å². The Balaban J connectivity index is 1.99. The highest BCUT2D eigenvalue weighted by Crippen LogP contribution is 2.35. The van der Waals surface area contributed by atoms with E-state index in [4.69, 9.17) is 10.00 Å². The first kappa shape index (κ1) is 17.4. The van der Waals surface area contributed by atoms with Crippen molar-refractivity contribution in [3.63, 3.8) is 0 Å². The van der Waals surface area contributed by atoms with Gasteiger partial charge in [0, 0.05) is 10.9 Å². The molecule has 2 aromatic rings. The standard InChI is InChI=1S/C16H16N4O3S2/c1-16(2)10-23-14(19-25(3,21)22)20(16)15-18-13(9-24-15)12-6-4-11(8-17)5-7-12/h4-7,9H,10H2,1-3H3. The predicted octanol–water partition coefficient (Wildman–Crippen LogP) is 2.61. The van der Waals surface area contributed by atoms with Gasteiger partial charge in [-0.2, -0.15) is 5.26 Å². The van der Waals surface area contributed by atoms with Crippen molar-refractivity contribution in [2.75, 3.05) is 17.8 Å². The summed E-state index contributed by atoms with van der Waals surface area (Å²) in [5.41, 5.74) is 1.73. The van der Waals surface area contributed by atoms with Gasteiger partial charge in [0.15, 0.2) is 5.13 Å². The minimum atomic E-state index is -3.58. The second kappa shape index (κ2) is 6.13. The minimum absolute atomic E-state index is 0.0354. The van der Waals surface area contributed by atoms with E-state index in [1.165, 1.54) is 11.3 Å². The van der Waals surface area contributed by atoms with Gasteiger partial charge in [0.1, 0.15) is 6.61 Å². The minimum Gasteiger partial charge on any atom is -0.462 e. The molecule has 1 aromatic carbocycles. The van der Waals surface area contributed by atoms with E-state index in [0.29, 0.717) is 17.3 Å². The number of benzene rings is 1. The van der Waals surface area contributed by atoms with E-state index < -0.39 is 15.6 Å². The molecule has 1 aliphatic rings. The molecular weight excluding hydrogens is 360 g/mol. The molecule has 0 radical (unpaired) electrons. The second-order valence-electron chi connectivity index (χ2n) is 6.25. The molecule has 2 heterocycles. The lowest BCUT2D eigenvalue weighted by Gasteiger charge is -2.26. The van der Waals surface area contributed by atoms with Crippen molar-refractivity contribution in [2.45, 2.75) is 19.4 Å². The molecule has 0 aliphatic carbocycles. The number of aromatic nitrogens is 1. The largest absolute Gasteiger partial charge is 0.462 e. The van der Waals surface area contributed by atoms with E-state index >= 15 is 0 Å². The van der Waals surface area contributed by atoms with E-state index in [9.17, 15) is 8.42 Å². The number of anilines is 1. The lowest BCUT2D eigenvalue weighted by atomic mass is 10.1. The summed E-state index contributed by atoms with van der Waals surface area (Å²) in [5.74, 6) is 0. The van der Waals surface area contributed by atoms with Crippen LogP contribution in [0.4, 0.5) is 5.13 Å². The number of ether oxygens (including phenoxy) is 1. The number of hydrogen-bond donors (Lipinski definition) is 0. The molecule has 0 unspecified atom stereocenters. The van der Waals surface area contributed by atoms with Crippen molar-refractivity contribution in [1.29, 1.82) is 5.26 Å². The molecule has 0 bridgehead atoms. The molecule has 3 rings (SSSR count). The average molecular weight is 376 g/mol. The third kappa shape index (κ3) is 3.65. The zero-order valence-electron chi connectivity index (χ0n) is 13.9. The van der Waals surface area contributed by atoms with Crippen LogP contribution in [0.25, 0.3) is 11.3 Å². The SMILES string of the molecule is CC1(C)COC(=NS(C)(=O)=O)N1c1nc(-c2ccc(C#N)cc2)cs1. The monoisotopic (exact) mass is 376 g/mol. The van der Waals surface area contributed by atoms with Gasteiger partial charge in [-0.05, 0) is 26.0 Å². The predicted molar refractivity (Wildman–Crippen MR) is 97.1 cm³/mol.